The number of nitrogens with one attached hydrogen (secondary N) is 2. The molecule has 1 aromatic heterocycles. The first kappa shape index (κ1) is 20.9. The zero-order chi connectivity index (χ0) is 21.0. The van der Waals surface area contributed by atoms with Crippen LogP contribution in [0.1, 0.15) is 12.5 Å². The highest BCUT2D eigenvalue weighted by atomic mass is 35.5. The highest BCUT2D eigenvalue weighted by Gasteiger charge is 2.30. The monoisotopic (exact) mass is 422 g/mol. The molecule has 152 valence electrons. The minimum Gasteiger partial charge on any atom is -0.394 e. The van der Waals surface area contributed by atoms with E-state index in [9.17, 15) is 18.3 Å². The summed E-state index contributed by atoms with van der Waals surface area (Å²) < 4.78 is 38.5. The van der Waals surface area contributed by atoms with Crippen LogP contribution in [0.2, 0.25) is 5.02 Å². The van der Waals surface area contributed by atoms with Crippen LogP contribution < -0.4 is 10.6 Å². The van der Waals surface area contributed by atoms with Crippen molar-refractivity contribution in [2.45, 2.75) is 19.1 Å². The number of halogens is 4. The van der Waals surface area contributed by atoms with Gasteiger partial charge in [-0.15, -0.1) is 0 Å². The van der Waals surface area contributed by atoms with Gasteiger partial charge in [0.2, 0.25) is 5.95 Å². The van der Waals surface area contributed by atoms with Gasteiger partial charge in [0.25, 0.3) is 0 Å². The Morgan fingerprint density at radius 1 is 1.07 bits per heavy atom. The van der Waals surface area contributed by atoms with E-state index in [1.165, 1.54) is 6.07 Å². The average molecular weight is 423 g/mol. The Morgan fingerprint density at radius 3 is 2.41 bits per heavy atom. The molecule has 0 bridgehead atoms. The number of aromatic nitrogens is 2. The highest BCUT2D eigenvalue weighted by Crippen LogP contribution is 2.35. The molecule has 3 aromatic rings. The lowest BCUT2D eigenvalue weighted by Crippen LogP contribution is -2.21. The Bertz CT molecular complexity index is 983. The molecule has 2 aromatic carbocycles. The predicted molar refractivity (Wildman–Crippen MR) is 107 cm³/mol. The van der Waals surface area contributed by atoms with E-state index in [4.69, 9.17) is 11.6 Å². The number of rotatable bonds is 6. The molecule has 0 fully saturated rings. The lowest BCUT2D eigenvalue weighted by atomic mass is 10.1. The molecule has 29 heavy (non-hydrogen) atoms. The lowest BCUT2D eigenvalue weighted by Gasteiger charge is -2.15. The third-order valence-electron chi connectivity index (χ3n) is 4.00. The van der Waals surface area contributed by atoms with E-state index in [1.807, 2.05) is 30.3 Å². The molecule has 3 N–H and O–H groups in total. The molecule has 0 amide bonds. The molecular formula is C20H18ClF3N4O. The van der Waals surface area contributed by atoms with E-state index in [0.717, 1.165) is 17.7 Å². The quantitative estimate of drug-likeness (QED) is 0.499. The lowest BCUT2D eigenvalue weighted by molar-refractivity contribution is -0.137. The first-order chi connectivity index (χ1) is 13.8. The number of aliphatic hydroxyl groups is 1. The average Bonchev–Trinajstić information content (AvgIpc) is 2.69. The van der Waals surface area contributed by atoms with Gasteiger partial charge in [-0.3, -0.25) is 0 Å². The maximum atomic E-state index is 12.8. The summed E-state index contributed by atoms with van der Waals surface area (Å²) in [5.74, 6) is 0.603. The van der Waals surface area contributed by atoms with Gasteiger partial charge < -0.3 is 15.7 Å². The first-order valence-electron chi connectivity index (χ1n) is 8.72. The maximum Gasteiger partial charge on any atom is 0.416 e. The normalized spacial score (nSPS) is 12.5. The van der Waals surface area contributed by atoms with Crippen LogP contribution in [0, 0.1) is 0 Å². The fourth-order valence-electron chi connectivity index (χ4n) is 2.53. The maximum absolute atomic E-state index is 12.8. The van der Waals surface area contributed by atoms with Crippen LogP contribution in [-0.4, -0.2) is 27.7 Å². The summed E-state index contributed by atoms with van der Waals surface area (Å²) >= 11 is 6.03. The Hall–Kier alpha value is -2.84. The van der Waals surface area contributed by atoms with E-state index in [2.05, 4.69) is 20.6 Å². The summed E-state index contributed by atoms with van der Waals surface area (Å²) in [6.07, 6.45) is -4.48. The molecule has 0 saturated carbocycles. The molecule has 0 saturated heterocycles. The number of benzene rings is 2. The molecule has 1 atom stereocenters. The third kappa shape index (κ3) is 5.36. The number of aliphatic hydroxyl groups excluding tert-OH is 1. The van der Waals surface area contributed by atoms with Crippen molar-refractivity contribution >= 4 is 29.1 Å². The Balaban J connectivity index is 1.97. The zero-order valence-corrected chi connectivity index (χ0v) is 16.1. The van der Waals surface area contributed by atoms with E-state index >= 15 is 0 Å². The van der Waals surface area contributed by atoms with Crippen molar-refractivity contribution in [3.05, 3.63) is 65.2 Å². The number of anilines is 3. The summed E-state index contributed by atoms with van der Waals surface area (Å²) in [5, 5.41) is 15.1. The SMILES string of the molecule is C[C@H](CO)Nc1nc(Nc2ccc(C(F)(F)F)cc2Cl)cc(-c2ccccc2)n1. The second-order valence-electron chi connectivity index (χ2n) is 6.37. The van der Waals surface area contributed by atoms with E-state index in [1.54, 1.807) is 13.0 Å². The van der Waals surface area contributed by atoms with Crippen molar-refractivity contribution < 1.29 is 18.3 Å². The van der Waals surface area contributed by atoms with Gasteiger partial charge >= 0.3 is 6.18 Å². The Labute approximate surface area is 170 Å². The Kier molecular flexibility index (Phi) is 6.24. The van der Waals surface area contributed by atoms with Crippen LogP contribution in [0.3, 0.4) is 0 Å². The molecule has 0 radical (unpaired) electrons. The number of hydrogen-bond donors (Lipinski definition) is 3. The van der Waals surface area contributed by atoms with Gasteiger partial charge in [0.1, 0.15) is 5.82 Å². The van der Waals surface area contributed by atoms with Crippen LogP contribution in [0.15, 0.2) is 54.6 Å². The molecule has 3 rings (SSSR count). The van der Waals surface area contributed by atoms with Crippen LogP contribution >= 0.6 is 11.6 Å². The number of nitrogens with zero attached hydrogens (tertiary/aromatic N) is 2. The van der Waals surface area contributed by atoms with Gasteiger partial charge in [-0.1, -0.05) is 41.9 Å². The van der Waals surface area contributed by atoms with Crippen molar-refractivity contribution in [3.8, 4) is 11.3 Å². The smallest absolute Gasteiger partial charge is 0.394 e. The second-order valence-corrected chi connectivity index (χ2v) is 6.78. The van der Waals surface area contributed by atoms with Crippen molar-refractivity contribution in [2.24, 2.45) is 0 Å². The van der Waals surface area contributed by atoms with Crippen LogP contribution in [0.25, 0.3) is 11.3 Å². The van der Waals surface area contributed by atoms with Crippen LogP contribution in [0.5, 0.6) is 0 Å². The van der Waals surface area contributed by atoms with Crippen LogP contribution in [-0.2, 0) is 6.18 Å². The third-order valence-corrected chi connectivity index (χ3v) is 4.32. The van der Waals surface area contributed by atoms with Crippen molar-refractivity contribution in [1.82, 2.24) is 9.97 Å². The zero-order valence-electron chi connectivity index (χ0n) is 15.3. The van der Waals surface area contributed by atoms with Gasteiger partial charge in [0.15, 0.2) is 0 Å². The fourth-order valence-corrected chi connectivity index (χ4v) is 2.76. The predicted octanol–water partition coefficient (Wildman–Crippen LogP) is 5.35. The summed E-state index contributed by atoms with van der Waals surface area (Å²) in [4.78, 5) is 8.78. The molecule has 0 spiro atoms. The summed E-state index contributed by atoms with van der Waals surface area (Å²) in [6.45, 7) is 1.64. The summed E-state index contributed by atoms with van der Waals surface area (Å²) in [7, 11) is 0. The number of hydrogen-bond acceptors (Lipinski definition) is 5. The van der Waals surface area contributed by atoms with Gasteiger partial charge in [-0.25, -0.2) is 4.98 Å². The molecule has 0 unspecified atom stereocenters. The fraction of sp³-hybridized carbons (Fsp3) is 0.200. The minimum absolute atomic E-state index is 0.0852. The van der Waals surface area contributed by atoms with Crippen molar-refractivity contribution in [1.29, 1.82) is 0 Å². The molecule has 0 aliphatic carbocycles. The van der Waals surface area contributed by atoms with Crippen molar-refractivity contribution in [3.63, 3.8) is 0 Å². The van der Waals surface area contributed by atoms with Gasteiger partial charge in [-0.2, -0.15) is 18.2 Å². The van der Waals surface area contributed by atoms with E-state index in [-0.39, 0.29) is 29.3 Å². The van der Waals surface area contributed by atoms with Gasteiger partial charge in [-0.05, 0) is 25.1 Å². The molecule has 9 heteroatoms. The minimum atomic E-state index is -4.48. The molecular weight excluding hydrogens is 405 g/mol. The topological polar surface area (TPSA) is 70.1 Å². The Morgan fingerprint density at radius 2 is 1.79 bits per heavy atom. The van der Waals surface area contributed by atoms with E-state index in [0.29, 0.717) is 11.5 Å². The molecule has 0 aliphatic heterocycles. The van der Waals surface area contributed by atoms with Gasteiger partial charge in [0, 0.05) is 17.7 Å². The van der Waals surface area contributed by atoms with Gasteiger partial charge in [0.05, 0.1) is 28.6 Å². The summed E-state index contributed by atoms with van der Waals surface area (Å²) in [5.41, 5.74) is 0.869. The van der Waals surface area contributed by atoms with Crippen LogP contribution in [0.4, 0.5) is 30.6 Å². The number of alkyl halides is 3. The molecule has 5 nitrogen and oxygen atoms in total. The van der Waals surface area contributed by atoms with Crippen molar-refractivity contribution in [2.75, 3.05) is 17.2 Å². The standard InChI is InChI=1S/C20H18ClF3N4O/c1-12(11-29)25-19-27-17(13-5-3-2-4-6-13)10-18(28-19)26-16-8-7-14(9-15(16)21)20(22,23)24/h2-10,12,29H,11H2,1H3,(H2,25,26,27,28)/t12-/m1/s1. The van der Waals surface area contributed by atoms with E-state index < -0.39 is 11.7 Å². The highest BCUT2D eigenvalue weighted by molar-refractivity contribution is 6.33. The largest absolute Gasteiger partial charge is 0.416 e. The molecule has 1 heterocycles. The second kappa shape index (κ2) is 8.67. The molecule has 0 aliphatic rings. The summed E-state index contributed by atoms with van der Waals surface area (Å²) in [6, 6.07) is 13.8. The first-order valence-corrected chi connectivity index (χ1v) is 9.09.